The summed E-state index contributed by atoms with van der Waals surface area (Å²) in [6.45, 7) is 6.14. The number of pyridine rings is 1. The summed E-state index contributed by atoms with van der Waals surface area (Å²) in [6, 6.07) is 13.9. The van der Waals surface area contributed by atoms with Gasteiger partial charge in [-0.2, -0.15) is 9.78 Å². The van der Waals surface area contributed by atoms with Crippen LogP contribution in [-0.2, 0) is 16.8 Å². The Kier molecular flexibility index (Phi) is 5.48. The Balaban J connectivity index is 1.57. The van der Waals surface area contributed by atoms with Gasteiger partial charge in [0.2, 0.25) is 5.91 Å². The Morgan fingerprint density at radius 2 is 1.78 bits per heavy atom. The maximum atomic E-state index is 12.7. The molecule has 0 saturated carbocycles. The number of carbonyl (C=O) groups excluding carboxylic acids is 1. The van der Waals surface area contributed by atoms with Crippen LogP contribution in [0, 0.1) is 0 Å². The molecule has 1 aromatic carbocycles. The van der Waals surface area contributed by atoms with Crippen molar-refractivity contribution in [3.63, 3.8) is 0 Å². The number of aromatic nitrogens is 5. The lowest BCUT2D eigenvalue weighted by Crippen LogP contribution is -2.31. The third-order valence-corrected chi connectivity index (χ3v) is 5.06. The molecule has 0 fully saturated rings. The van der Waals surface area contributed by atoms with Gasteiger partial charge in [-0.05, 0) is 24.3 Å². The number of hydrogen-bond donors (Lipinski definition) is 2. The summed E-state index contributed by atoms with van der Waals surface area (Å²) in [4.78, 5) is 41.9. The number of anilines is 1. The van der Waals surface area contributed by atoms with Gasteiger partial charge in [-0.25, -0.2) is 9.67 Å². The Labute approximate surface area is 183 Å². The number of aromatic amines is 1. The van der Waals surface area contributed by atoms with Crippen LogP contribution in [0.5, 0.6) is 0 Å². The summed E-state index contributed by atoms with van der Waals surface area (Å²) in [5, 5.41) is 10.7. The van der Waals surface area contributed by atoms with E-state index in [1.807, 2.05) is 32.9 Å². The van der Waals surface area contributed by atoms with Crippen LogP contribution in [-0.4, -0.2) is 30.5 Å². The maximum absolute atomic E-state index is 12.7. The van der Waals surface area contributed by atoms with Crippen molar-refractivity contribution in [1.29, 1.82) is 0 Å². The lowest BCUT2D eigenvalue weighted by molar-refractivity contribution is -0.116. The van der Waals surface area contributed by atoms with Crippen LogP contribution >= 0.6 is 0 Å². The average molecular weight is 432 g/mol. The first kappa shape index (κ1) is 21.2. The average Bonchev–Trinajstić information content (AvgIpc) is 3.20. The molecule has 0 atom stereocenters. The zero-order chi connectivity index (χ0) is 22.9. The molecule has 0 aliphatic carbocycles. The second-order valence-corrected chi connectivity index (χ2v) is 8.51. The van der Waals surface area contributed by atoms with E-state index in [2.05, 4.69) is 20.5 Å². The molecule has 0 aliphatic rings. The fraction of sp³-hybridized carbons (Fsp3) is 0.261. The predicted molar refractivity (Wildman–Crippen MR) is 122 cm³/mol. The third-order valence-electron chi connectivity index (χ3n) is 5.06. The smallest absolute Gasteiger partial charge is 0.273 e. The fourth-order valence-electron chi connectivity index (χ4n) is 3.31. The molecule has 0 unspecified atom stereocenters. The Hall–Kier alpha value is -4.01. The minimum atomic E-state index is -0.372. The van der Waals surface area contributed by atoms with Crippen molar-refractivity contribution >= 4 is 22.5 Å². The van der Waals surface area contributed by atoms with Crippen molar-refractivity contribution in [1.82, 2.24) is 24.5 Å². The molecule has 9 heteroatoms. The van der Waals surface area contributed by atoms with Gasteiger partial charge in [0, 0.05) is 24.1 Å². The molecule has 164 valence electrons. The molecule has 0 saturated heterocycles. The Bertz CT molecular complexity index is 1390. The van der Waals surface area contributed by atoms with E-state index in [0.717, 1.165) is 5.69 Å². The van der Waals surface area contributed by atoms with Gasteiger partial charge in [0.25, 0.3) is 11.1 Å². The highest BCUT2D eigenvalue weighted by Gasteiger charge is 2.22. The van der Waals surface area contributed by atoms with Gasteiger partial charge in [-0.1, -0.05) is 39.0 Å². The summed E-state index contributed by atoms with van der Waals surface area (Å²) < 4.78 is 2.75. The highest BCUT2D eigenvalue weighted by molar-refractivity contribution is 5.90. The van der Waals surface area contributed by atoms with Crippen molar-refractivity contribution in [3.05, 3.63) is 81.1 Å². The monoisotopic (exact) mass is 432 g/mol. The largest absolute Gasteiger partial charge is 0.310 e. The number of nitrogens with zero attached hydrogens (tertiary/aromatic N) is 4. The van der Waals surface area contributed by atoms with E-state index >= 15 is 0 Å². The van der Waals surface area contributed by atoms with Gasteiger partial charge in [0.15, 0.2) is 5.82 Å². The number of hydrogen-bond acceptors (Lipinski definition) is 5. The van der Waals surface area contributed by atoms with Crippen LogP contribution in [0.2, 0.25) is 0 Å². The molecule has 3 aromatic heterocycles. The van der Waals surface area contributed by atoms with Crippen molar-refractivity contribution in [2.24, 2.45) is 0 Å². The quantitative estimate of drug-likeness (QED) is 0.503. The van der Waals surface area contributed by atoms with E-state index in [1.54, 1.807) is 47.3 Å². The summed E-state index contributed by atoms with van der Waals surface area (Å²) in [6.07, 6.45) is 1.65. The second-order valence-electron chi connectivity index (χ2n) is 8.51. The van der Waals surface area contributed by atoms with Crippen molar-refractivity contribution in [2.75, 3.05) is 5.32 Å². The SMILES string of the molecule is CC(C)(C)c1cc(NC(=O)CCn2[nH]c(=O)c3ccccc3c2=O)n(-c2ccccn2)n1. The zero-order valence-electron chi connectivity index (χ0n) is 18.1. The highest BCUT2D eigenvalue weighted by Crippen LogP contribution is 2.25. The zero-order valence-corrected chi connectivity index (χ0v) is 18.1. The van der Waals surface area contributed by atoms with Crippen LogP contribution in [0.1, 0.15) is 32.9 Å². The summed E-state index contributed by atoms with van der Waals surface area (Å²) >= 11 is 0. The maximum Gasteiger partial charge on any atom is 0.273 e. The number of benzene rings is 1. The number of rotatable bonds is 5. The van der Waals surface area contributed by atoms with Gasteiger partial charge in [-0.3, -0.25) is 19.5 Å². The Morgan fingerprint density at radius 3 is 2.47 bits per heavy atom. The van der Waals surface area contributed by atoms with Gasteiger partial charge >= 0.3 is 0 Å². The molecule has 4 rings (SSSR count). The lowest BCUT2D eigenvalue weighted by atomic mass is 9.92. The molecule has 32 heavy (non-hydrogen) atoms. The summed E-state index contributed by atoms with van der Waals surface area (Å²) in [5.74, 6) is 0.745. The van der Waals surface area contributed by atoms with Crippen molar-refractivity contribution < 1.29 is 4.79 Å². The molecule has 0 radical (unpaired) electrons. The summed E-state index contributed by atoms with van der Waals surface area (Å²) in [5.41, 5.74) is -0.143. The number of amides is 1. The van der Waals surface area contributed by atoms with E-state index in [1.165, 1.54) is 4.68 Å². The first-order chi connectivity index (χ1) is 15.2. The van der Waals surface area contributed by atoms with Crippen LogP contribution in [0.15, 0.2) is 64.3 Å². The molecule has 0 spiro atoms. The fourth-order valence-corrected chi connectivity index (χ4v) is 3.31. The highest BCUT2D eigenvalue weighted by atomic mass is 16.2. The van der Waals surface area contributed by atoms with Crippen LogP contribution in [0.4, 0.5) is 5.82 Å². The third kappa shape index (κ3) is 4.22. The number of nitrogens with one attached hydrogen (secondary N) is 2. The number of fused-ring (bicyclic) bond motifs is 1. The van der Waals surface area contributed by atoms with Crippen molar-refractivity contribution in [3.8, 4) is 5.82 Å². The topological polar surface area (TPSA) is 115 Å². The standard InChI is InChI=1S/C23H24N6O3/c1-23(2,3)17-14-19(29(26-17)18-10-6-7-12-24-18)25-20(30)11-13-28-22(32)16-9-5-4-8-15(16)21(31)27-28/h4-10,12,14H,11,13H2,1-3H3,(H,25,30)(H,27,31). The molecule has 1 amide bonds. The van der Waals surface area contributed by atoms with E-state index in [9.17, 15) is 14.4 Å². The van der Waals surface area contributed by atoms with Crippen molar-refractivity contribution in [2.45, 2.75) is 39.2 Å². The van der Waals surface area contributed by atoms with E-state index < -0.39 is 0 Å². The van der Waals surface area contributed by atoms with Gasteiger partial charge in [-0.15, -0.1) is 0 Å². The number of carbonyl (C=O) groups is 1. The molecule has 0 bridgehead atoms. The first-order valence-electron chi connectivity index (χ1n) is 10.3. The molecule has 2 N–H and O–H groups in total. The molecule has 9 nitrogen and oxygen atoms in total. The number of H-pyrrole nitrogens is 1. The van der Waals surface area contributed by atoms with Crippen LogP contribution in [0.3, 0.4) is 0 Å². The first-order valence-corrected chi connectivity index (χ1v) is 10.3. The van der Waals surface area contributed by atoms with Crippen LogP contribution < -0.4 is 16.4 Å². The van der Waals surface area contributed by atoms with Gasteiger partial charge < -0.3 is 5.32 Å². The van der Waals surface area contributed by atoms with E-state index in [4.69, 9.17) is 0 Å². The van der Waals surface area contributed by atoms with Gasteiger partial charge in [0.1, 0.15) is 5.82 Å². The molecule has 0 aliphatic heterocycles. The van der Waals surface area contributed by atoms with Gasteiger partial charge in [0.05, 0.1) is 23.0 Å². The molecular formula is C23H24N6O3. The minimum Gasteiger partial charge on any atom is -0.310 e. The summed E-state index contributed by atoms with van der Waals surface area (Å²) in [7, 11) is 0. The number of aryl methyl sites for hydroxylation is 1. The Morgan fingerprint density at radius 1 is 1.06 bits per heavy atom. The lowest BCUT2D eigenvalue weighted by Gasteiger charge is -2.13. The molecular weight excluding hydrogens is 408 g/mol. The van der Waals surface area contributed by atoms with E-state index in [-0.39, 0.29) is 35.4 Å². The van der Waals surface area contributed by atoms with E-state index in [0.29, 0.717) is 22.4 Å². The normalized spacial score (nSPS) is 11.6. The molecule has 3 heterocycles. The van der Waals surface area contributed by atoms with Crippen LogP contribution in [0.25, 0.3) is 16.6 Å². The molecule has 4 aromatic rings. The second kappa shape index (κ2) is 8.26. The predicted octanol–water partition coefficient (Wildman–Crippen LogP) is 2.60. The minimum absolute atomic E-state index is 0.00750.